The second kappa shape index (κ2) is 10.7. The molecule has 6 nitrogen and oxygen atoms in total. The molecule has 2 aromatic carbocycles. The number of likely N-dealkylation sites (N-methyl/N-ethyl adjacent to an activating group) is 3. The monoisotopic (exact) mass is 488 g/mol. The summed E-state index contributed by atoms with van der Waals surface area (Å²) in [6.45, 7) is 3.80. The first kappa shape index (κ1) is 24.8. The van der Waals surface area contributed by atoms with Gasteiger partial charge in [-0.05, 0) is 56.6 Å². The van der Waals surface area contributed by atoms with Gasteiger partial charge in [0, 0.05) is 55.4 Å². The molecule has 0 bridgehead atoms. The number of hydrogen-bond acceptors (Lipinski definition) is 5. The van der Waals surface area contributed by atoms with Crippen LogP contribution in [0.2, 0.25) is 0 Å². The van der Waals surface area contributed by atoms with Gasteiger partial charge < -0.3 is 24.4 Å². The molecule has 0 amide bonds. The van der Waals surface area contributed by atoms with Crippen molar-refractivity contribution in [2.75, 3.05) is 52.8 Å². The molecule has 1 saturated carbocycles. The van der Waals surface area contributed by atoms with Crippen LogP contribution in [0.1, 0.15) is 53.9 Å². The van der Waals surface area contributed by atoms with Gasteiger partial charge in [-0.15, -0.1) is 0 Å². The van der Waals surface area contributed by atoms with Crippen LogP contribution in [-0.2, 0) is 11.3 Å². The van der Waals surface area contributed by atoms with Crippen molar-refractivity contribution < 1.29 is 9.53 Å². The van der Waals surface area contributed by atoms with Gasteiger partial charge in [0.2, 0.25) is 0 Å². The Balaban J connectivity index is 1.72. The third kappa shape index (κ3) is 4.53. The van der Waals surface area contributed by atoms with Gasteiger partial charge in [0.25, 0.3) is 0 Å². The van der Waals surface area contributed by atoms with Crippen LogP contribution >= 0.6 is 0 Å². The Labute approximate surface area is 215 Å². The van der Waals surface area contributed by atoms with Crippen molar-refractivity contribution >= 4 is 22.6 Å². The second-order valence-corrected chi connectivity index (χ2v) is 10.6. The fraction of sp³-hybridized carbons (Fsp3) is 0.500. The van der Waals surface area contributed by atoms with Gasteiger partial charge in [-0.1, -0.05) is 43.5 Å². The molecule has 2 heterocycles. The summed E-state index contributed by atoms with van der Waals surface area (Å²) in [5, 5.41) is 4.57. The first-order valence-corrected chi connectivity index (χ1v) is 13.4. The van der Waals surface area contributed by atoms with E-state index >= 15 is 0 Å². The second-order valence-electron chi connectivity index (χ2n) is 10.6. The molecule has 0 radical (unpaired) electrons. The highest BCUT2D eigenvalue weighted by molar-refractivity contribution is 6.00. The van der Waals surface area contributed by atoms with E-state index in [4.69, 9.17) is 4.74 Å². The zero-order chi connectivity index (χ0) is 25.2. The molecule has 36 heavy (non-hydrogen) atoms. The topological polar surface area (TPSA) is 49.7 Å². The molecular formula is C30H40N4O2. The smallest absolute Gasteiger partial charge is 0.337 e. The maximum atomic E-state index is 12.5. The highest BCUT2D eigenvalue weighted by atomic mass is 16.5. The van der Waals surface area contributed by atoms with Gasteiger partial charge in [-0.25, -0.2) is 4.79 Å². The molecule has 1 fully saturated rings. The van der Waals surface area contributed by atoms with Crippen LogP contribution in [0.25, 0.3) is 22.2 Å². The van der Waals surface area contributed by atoms with E-state index < -0.39 is 0 Å². The minimum absolute atomic E-state index is 0.277. The number of aromatic nitrogens is 1. The third-order valence-corrected chi connectivity index (χ3v) is 8.28. The largest absolute Gasteiger partial charge is 0.465 e. The fourth-order valence-electron chi connectivity index (χ4n) is 6.35. The Kier molecular flexibility index (Phi) is 7.35. The number of carbonyl (C=O) groups excluding carboxylic acids is 1. The van der Waals surface area contributed by atoms with Crippen molar-refractivity contribution in [2.24, 2.45) is 0 Å². The first-order chi connectivity index (χ1) is 17.5. The maximum absolute atomic E-state index is 12.5. The zero-order valence-corrected chi connectivity index (χ0v) is 22.2. The lowest BCUT2D eigenvalue weighted by atomic mass is 9.81. The summed E-state index contributed by atoms with van der Waals surface area (Å²) < 4.78 is 7.61. The molecule has 1 unspecified atom stereocenters. The van der Waals surface area contributed by atoms with E-state index in [1.165, 1.54) is 67.1 Å². The van der Waals surface area contributed by atoms with Crippen LogP contribution in [0.5, 0.6) is 0 Å². The summed E-state index contributed by atoms with van der Waals surface area (Å²) in [7, 11) is 7.91. The number of carbonyl (C=O) groups is 1. The Morgan fingerprint density at radius 3 is 2.67 bits per heavy atom. The highest BCUT2D eigenvalue weighted by Gasteiger charge is 2.33. The van der Waals surface area contributed by atoms with Gasteiger partial charge >= 0.3 is 5.97 Å². The number of nitrogens with zero attached hydrogens (tertiary/aromatic N) is 3. The predicted molar refractivity (Wildman–Crippen MR) is 148 cm³/mol. The Bertz CT molecular complexity index is 1230. The van der Waals surface area contributed by atoms with E-state index in [1.54, 1.807) is 0 Å². The highest BCUT2D eigenvalue weighted by Crippen LogP contribution is 2.47. The van der Waals surface area contributed by atoms with Crippen LogP contribution in [0.3, 0.4) is 0 Å². The summed E-state index contributed by atoms with van der Waals surface area (Å²) in [5.41, 5.74) is 7.19. The fourth-order valence-corrected chi connectivity index (χ4v) is 6.35. The Hall–Kier alpha value is -2.83. The minimum atomic E-state index is -0.277. The average molecular weight is 489 g/mol. The molecule has 1 atom stereocenters. The predicted octanol–water partition coefficient (Wildman–Crippen LogP) is 5.11. The standard InChI is InChI=1S/C30H40N4O2/c1-31-16-17-32(2)19-23-20-34-27-18-22(30(35)36-4)14-15-24(27)28(21-10-6-5-7-11-21)29(34)25-12-8-9-13-26(25)33(23)3/h8-9,12-15,18,21,23,31H,5-7,10-11,16-17,19-20H2,1-4H3. The first-order valence-electron chi connectivity index (χ1n) is 13.4. The van der Waals surface area contributed by atoms with E-state index in [0.29, 0.717) is 17.5 Å². The molecule has 0 saturated heterocycles. The summed E-state index contributed by atoms with van der Waals surface area (Å²) in [4.78, 5) is 17.4. The van der Waals surface area contributed by atoms with Gasteiger partial charge in [-0.2, -0.15) is 0 Å². The lowest BCUT2D eigenvalue weighted by Gasteiger charge is -2.32. The number of rotatable bonds is 7. The number of nitrogens with one attached hydrogen (secondary N) is 1. The summed E-state index contributed by atoms with van der Waals surface area (Å²) in [6.07, 6.45) is 6.38. The molecule has 1 N–H and O–H groups in total. The molecule has 1 aliphatic heterocycles. The SMILES string of the molecule is CNCCN(C)CC1Cn2c(c(C3CCCCC3)c3ccc(C(=O)OC)cc32)-c2ccccc2N1C. The van der Waals surface area contributed by atoms with Crippen molar-refractivity contribution in [3.63, 3.8) is 0 Å². The minimum Gasteiger partial charge on any atom is -0.465 e. The number of fused-ring (bicyclic) bond motifs is 5. The van der Waals surface area contributed by atoms with Crippen LogP contribution in [0, 0.1) is 0 Å². The normalized spacial score (nSPS) is 18.2. The average Bonchev–Trinajstić information content (AvgIpc) is 3.18. The molecule has 192 valence electrons. The Morgan fingerprint density at radius 1 is 1.14 bits per heavy atom. The number of benzene rings is 2. The Morgan fingerprint density at radius 2 is 1.92 bits per heavy atom. The van der Waals surface area contributed by atoms with Crippen molar-refractivity contribution in [3.8, 4) is 11.3 Å². The van der Waals surface area contributed by atoms with E-state index in [0.717, 1.165) is 31.7 Å². The van der Waals surface area contributed by atoms with Gasteiger partial charge in [0.15, 0.2) is 0 Å². The lowest BCUT2D eigenvalue weighted by Crippen LogP contribution is -2.44. The third-order valence-electron chi connectivity index (χ3n) is 8.28. The molecular weight excluding hydrogens is 448 g/mol. The molecule has 6 heteroatoms. The van der Waals surface area contributed by atoms with Crippen molar-refractivity contribution in [1.82, 2.24) is 14.8 Å². The molecule has 1 aliphatic carbocycles. The quantitative estimate of drug-likeness (QED) is 0.468. The van der Waals surface area contributed by atoms with E-state index in [2.05, 4.69) is 70.2 Å². The van der Waals surface area contributed by atoms with Crippen LogP contribution in [0.15, 0.2) is 42.5 Å². The maximum Gasteiger partial charge on any atom is 0.337 e. The summed E-state index contributed by atoms with van der Waals surface area (Å²) in [6, 6.07) is 15.4. The number of anilines is 1. The summed E-state index contributed by atoms with van der Waals surface area (Å²) in [5.74, 6) is 0.274. The number of para-hydroxylation sites is 1. The molecule has 1 aromatic heterocycles. The van der Waals surface area contributed by atoms with Crippen LogP contribution in [-0.4, -0.2) is 69.4 Å². The van der Waals surface area contributed by atoms with Gasteiger partial charge in [-0.3, -0.25) is 0 Å². The van der Waals surface area contributed by atoms with E-state index in [-0.39, 0.29) is 5.97 Å². The molecule has 3 aromatic rings. The number of hydrogen-bond donors (Lipinski definition) is 1. The number of methoxy groups -OCH3 is 1. The van der Waals surface area contributed by atoms with E-state index in [9.17, 15) is 4.79 Å². The number of esters is 1. The van der Waals surface area contributed by atoms with Gasteiger partial charge in [0.05, 0.1) is 24.4 Å². The number of ether oxygens (including phenoxy) is 1. The molecule has 5 rings (SSSR count). The van der Waals surface area contributed by atoms with Crippen molar-refractivity contribution in [2.45, 2.75) is 50.6 Å². The van der Waals surface area contributed by atoms with Gasteiger partial charge in [0.1, 0.15) is 0 Å². The van der Waals surface area contributed by atoms with Crippen LogP contribution < -0.4 is 10.2 Å². The lowest BCUT2D eigenvalue weighted by molar-refractivity contribution is 0.0601. The summed E-state index contributed by atoms with van der Waals surface area (Å²) >= 11 is 0. The van der Waals surface area contributed by atoms with E-state index in [1.807, 2.05) is 13.1 Å². The molecule has 0 spiro atoms. The van der Waals surface area contributed by atoms with Crippen molar-refractivity contribution in [3.05, 3.63) is 53.6 Å². The van der Waals surface area contributed by atoms with Crippen LogP contribution in [0.4, 0.5) is 5.69 Å². The van der Waals surface area contributed by atoms with Crippen molar-refractivity contribution in [1.29, 1.82) is 0 Å². The molecule has 2 aliphatic rings. The zero-order valence-electron chi connectivity index (χ0n) is 22.2.